The molecule has 0 aromatic heterocycles. The van der Waals surface area contributed by atoms with Crippen LogP contribution in [0.3, 0.4) is 0 Å². The first kappa shape index (κ1) is 24.0. The fourth-order valence-electron chi connectivity index (χ4n) is 6.89. The van der Waals surface area contributed by atoms with E-state index in [1.54, 1.807) is 19.0 Å². The zero-order valence-corrected chi connectivity index (χ0v) is 20.8. The van der Waals surface area contributed by atoms with E-state index >= 15 is 0 Å². The summed E-state index contributed by atoms with van der Waals surface area (Å²) in [6.45, 7) is 0. The lowest BCUT2D eigenvalue weighted by Crippen LogP contribution is -2.63. The molecule has 1 aliphatic heterocycles. The molecule has 0 radical (unpaired) electrons. The number of phenols is 1. The van der Waals surface area contributed by atoms with Crippen LogP contribution in [-0.2, 0) is 16.0 Å². The number of aromatic hydroxyl groups is 1. The van der Waals surface area contributed by atoms with E-state index in [2.05, 4.69) is 5.32 Å². The average Bonchev–Trinajstić information content (AvgIpc) is 2.83. The number of nitrogens with two attached hydrogens (primary N) is 1. The highest BCUT2D eigenvalue weighted by Gasteiger charge is 2.66. The van der Waals surface area contributed by atoms with Gasteiger partial charge in [-0.1, -0.05) is 6.07 Å². The van der Waals surface area contributed by atoms with Gasteiger partial charge >= 0.3 is 0 Å². The highest BCUT2D eigenvalue weighted by molar-refractivity contribution is 6.15. The number of allylic oxidation sites excluding steroid dienone is 1. The lowest BCUT2D eigenvalue weighted by Gasteiger charge is -2.57. The summed E-state index contributed by atoms with van der Waals surface area (Å²) in [4.78, 5) is 52.5. The number of ether oxygens (including phenoxy) is 1. The van der Waals surface area contributed by atoms with Crippen molar-refractivity contribution in [2.75, 3.05) is 26.5 Å². The number of hydrogen-bond acceptors (Lipinski definition) is 10. The summed E-state index contributed by atoms with van der Waals surface area (Å²) in [6, 6.07) is 2.03. The van der Waals surface area contributed by atoms with Gasteiger partial charge in [0.1, 0.15) is 17.3 Å². The molecule has 1 amide bonds. The van der Waals surface area contributed by atoms with E-state index in [0.29, 0.717) is 11.1 Å². The zero-order chi connectivity index (χ0) is 27.4. The van der Waals surface area contributed by atoms with Gasteiger partial charge in [-0.2, -0.15) is 0 Å². The van der Waals surface area contributed by atoms with Gasteiger partial charge in [-0.15, -0.1) is 0 Å². The van der Waals surface area contributed by atoms with Crippen molar-refractivity contribution in [1.82, 2.24) is 4.90 Å². The van der Waals surface area contributed by atoms with Crippen LogP contribution >= 0.6 is 0 Å². The maximum absolute atomic E-state index is 13.9. The number of ketones is 1. The largest absolute Gasteiger partial charge is 0.510 e. The van der Waals surface area contributed by atoms with Gasteiger partial charge in [0.2, 0.25) is 10.9 Å². The molecular weight excluding hydrogens is 494 g/mol. The molecule has 0 saturated carbocycles. The second-order valence-corrected chi connectivity index (χ2v) is 10.4. The quantitative estimate of drug-likeness (QED) is 0.362. The summed E-state index contributed by atoms with van der Waals surface area (Å²) >= 11 is 0. The molecule has 0 unspecified atom stereocenters. The Labute approximate surface area is 215 Å². The van der Waals surface area contributed by atoms with Gasteiger partial charge in [0, 0.05) is 18.5 Å². The minimum absolute atomic E-state index is 0.0355. The SMILES string of the molecule is CNc1c(-c2ccc(O)c3c2C[C@H]2C[C@H]4[C@H](N(C)C)C(O)=C(C(N)=O)C5=CO[C@@]54C(O)=C2C3=O)c(=O)c1=O. The van der Waals surface area contributed by atoms with Crippen LogP contribution < -0.4 is 21.9 Å². The maximum Gasteiger partial charge on any atom is 0.252 e. The molecule has 6 rings (SSSR count). The normalized spacial score (nSPS) is 27.6. The number of amides is 1. The van der Waals surface area contributed by atoms with Crippen molar-refractivity contribution < 1.29 is 29.6 Å². The first-order chi connectivity index (χ1) is 18.0. The van der Waals surface area contributed by atoms with Crippen LogP contribution in [-0.4, -0.2) is 64.7 Å². The second-order valence-electron chi connectivity index (χ2n) is 10.4. The van der Waals surface area contributed by atoms with E-state index in [1.807, 2.05) is 0 Å². The number of fused-ring (bicyclic) bond motifs is 2. The molecule has 0 fully saturated rings. The maximum atomic E-state index is 13.9. The zero-order valence-electron chi connectivity index (χ0n) is 20.8. The number of anilines is 1. The Morgan fingerprint density at radius 2 is 1.84 bits per heavy atom. The summed E-state index contributed by atoms with van der Waals surface area (Å²) in [7, 11) is 4.93. The lowest BCUT2D eigenvalue weighted by atomic mass is 9.56. The second kappa shape index (κ2) is 7.57. The molecule has 0 bridgehead atoms. The first-order valence-corrected chi connectivity index (χ1v) is 12.1. The molecule has 1 spiro atoms. The van der Waals surface area contributed by atoms with E-state index in [0.717, 1.165) is 0 Å². The molecule has 6 N–H and O–H groups in total. The van der Waals surface area contributed by atoms with Crippen molar-refractivity contribution >= 4 is 17.4 Å². The number of benzene rings is 1. The van der Waals surface area contributed by atoms with Gasteiger partial charge in [0.15, 0.2) is 11.4 Å². The van der Waals surface area contributed by atoms with Crippen molar-refractivity contribution in [1.29, 1.82) is 0 Å². The van der Waals surface area contributed by atoms with E-state index in [9.17, 15) is 34.5 Å². The number of rotatable bonds is 4. The average molecular weight is 520 g/mol. The van der Waals surface area contributed by atoms with Crippen LogP contribution in [0.1, 0.15) is 22.3 Å². The number of carbonyl (C=O) groups excluding carboxylic acids is 2. The molecular formula is C27H25N3O8. The Kier molecular flexibility index (Phi) is 4.78. The predicted molar refractivity (Wildman–Crippen MR) is 136 cm³/mol. The van der Waals surface area contributed by atoms with E-state index in [1.165, 1.54) is 25.4 Å². The summed E-state index contributed by atoms with van der Waals surface area (Å²) in [6.07, 6.45) is 1.68. The summed E-state index contributed by atoms with van der Waals surface area (Å²) in [5, 5.41) is 36.2. The predicted octanol–water partition coefficient (Wildman–Crippen LogP) is 0.778. The Bertz CT molecular complexity index is 1660. The third kappa shape index (κ3) is 2.61. The Hall–Kier alpha value is -4.38. The molecule has 38 heavy (non-hydrogen) atoms. The molecule has 3 aliphatic carbocycles. The Balaban J connectivity index is 1.57. The number of primary amides is 1. The molecule has 4 aliphatic rings. The number of nitrogens with one attached hydrogen (secondary N) is 1. The van der Waals surface area contributed by atoms with Crippen LogP contribution in [0.15, 0.2) is 56.2 Å². The van der Waals surface area contributed by atoms with Crippen LogP contribution in [0, 0.1) is 11.8 Å². The van der Waals surface area contributed by atoms with Crippen LogP contribution in [0.4, 0.5) is 5.69 Å². The number of aliphatic hydroxyl groups is 2. The smallest absolute Gasteiger partial charge is 0.252 e. The molecule has 2 aromatic rings. The van der Waals surface area contributed by atoms with Crippen molar-refractivity contribution in [3.63, 3.8) is 0 Å². The number of hydrogen-bond donors (Lipinski definition) is 5. The number of likely N-dealkylation sites (N-methyl/N-ethyl adjacent to an activating group) is 1. The number of carbonyl (C=O) groups is 2. The van der Waals surface area contributed by atoms with Gasteiger partial charge in [0.05, 0.1) is 40.3 Å². The summed E-state index contributed by atoms with van der Waals surface area (Å²) in [5.74, 6) is -3.64. The highest BCUT2D eigenvalue weighted by Crippen LogP contribution is 2.60. The van der Waals surface area contributed by atoms with Crippen molar-refractivity contribution in [2.45, 2.75) is 24.5 Å². The van der Waals surface area contributed by atoms with Crippen LogP contribution in [0.25, 0.3) is 11.1 Å². The number of Topliss-reactive ketones (excluding diaryl/α,β-unsaturated/α-hetero) is 1. The molecule has 4 atom stereocenters. The van der Waals surface area contributed by atoms with Crippen molar-refractivity contribution in [3.8, 4) is 16.9 Å². The third-order valence-electron chi connectivity index (χ3n) is 8.47. The fourth-order valence-corrected chi connectivity index (χ4v) is 6.89. The van der Waals surface area contributed by atoms with Gasteiger partial charge < -0.3 is 31.1 Å². The minimum atomic E-state index is -1.56. The van der Waals surface area contributed by atoms with Gasteiger partial charge in [-0.05, 0) is 50.0 Å². The standard InChI is InChI=1S/C27H25N3O8/c1-29-19-17(23(34)24(19)35)10-4-5-14(31)16-11(10)6-9-7-12-20(30(2)3)22(33)18(26(28)37)13-8-38-27(12,13)25(36)15(9)21(16)32/h4-5,8-9,12,20,29,31,33,36H,6-7H2,1-3H3,(H2,28,37)/t9-,12-,20-,27+/m0/s1. The lowest BCUT2D eigenvalue weighted by molar-refractivity contribution is -0.118. The Morgan fingerprint density at radius 3 is 2.42 bits per heavy atom. The van der Waals surface area contributed by atoms with Crippen molar-refractivity contribution in [3.05, 3.63) is 78.2 Å². The topological polar surface area (TPSA) is 179 Å². The number of nitrogens with zero attached hydrogens (tertiary/aromatic N) is 1. The minimum Gasteiger partial charge on any atom is -0.510 e. The summed E-state index contributed by atoms with van der Waals surface area (Å²) in [5.41, 5.74) is 3.74. The van der Waals surface area contributed by atoms with Crippen LogP contribution in [0.2, 0.25) is 0 Å². The Morgan fingerprint density at radius 1 is 1.13 bits per heavy atom. The van der Waals surface area contributed by atoms with E-state index in [-0.39, 0.29) is 63.6 Å². The molecule has 0 saturated heterocycles. The van der Waals surface area contributed by atoms with Gasteiger partial charge in [-0.25, -0.2) is 0 Å². The number of phenolic OH excluding ortho intramolecular Hbond substituents is 1. The number of aliphatic hydroxyl groups excluding tert-OH is 2. The van der Waals surface area contributed by atoms with E-state index < -0.39 is 46.0 Å². The van der Waals surface area contributed by atoms with E-state index in [4.69, 9.17) is 10.5 Å². The summed E-state index contributed by atoms with van der Waals surface area (Å²) < 4.78 is 5.84. The van der Waals surface area contributed by atoms with Crippen molar-refractivity contribution in [2.24, 2.45) is 17.6 Å². The fraction of sp³-hybridized carbons (Fsp3) is 0.333. The monoisotopic (exact) mass is 519 g/mol. The third-order valence-corrected chi connectivity index (χ3v) is 8.47. The van der Waals surface area contributed by atoms with Gasteiger partial charge in [0.25, 0.3) is 5.91 Å². The molecule has 11 heteroatoms. The van der Waals surface area contributed by atoms with Crippen LogP contribution in [0.5, 0.6) is 5.75 Å². The molecule has 196 valence electrons. The first-order valence-electron chi connectivity index (χ1n) is 12.1. The molecule has 1 heterocycles. The molecule has 2 aromatic carbocycles. The molecule has 11 nitrogen and oxygen atoms in total. The van der Waals surface area contributed by atoms with Gasteiger partial charge in [-0.3, -0.25) is 24.1 Å². The highest BCUT2D eigenvalue weighted by atomic mass is 16.5.